The molecule has 3 N–H and O–H groups in total. The largest absolute Gasteiger partial charge is 0.467 e. The molecule has 1 heterocycles. The minimum absolute atomic E-state index is 0.122. The van der Waals surface area contributed by atoms with Gasteiger partial charge in [-0.25, -0.2) is 8.42 Å². The average molecular weight is 504 g/mol. The second-order valence-electron chi connectivity index (χ2n) is 8.21. The average Bonchev–Trinajstić information content (AvgIpc) is 3.38. The van der Waals surface area contributed by atoms with Crippen molar-refractivity contribution in [1.82, 2.24) is 5.32 Å². The molecule has 8 nitrogen and oxygen atoms in total. The van der Waals surface area contributed by atoms with Crippen LogP contribution in [-0.4, -0.2) is 20.2 Å². The topological polar surface area (TPSA) is 118 Å². The Hall–Kier alpha value is -4.37. The van der Waals surface area contributed by atoms with Crippen molar-refractivity contribution in [2.24, 2.45) is 0 Å². The molecule has 9 heteroatoms. The van der Waals surface area contributed by atoms with E-state index in [1.807, 2.05) is 6.92 Å². The van der Waals surface area contributed by atoms with Gasteiger partial charge in [-0.1, -0.05) is 35.9 Å². The first-order chi connectivity index (χ1) is 17.2. The van der Waals surface area contributed by atoms with Gasteiger partial charge in [0.25, 0.3) is 21.8 Å². The molecule has 0 fully saturated rings. The molecule has 0 atom stereocenters. The van der Waals surface area contributed by atoms with Gasteiger partial charge in [0.1, 0.15) is 5.76 Å². The highest BCUT2D eigenvalue weighted by molar-refractivity contribution is 7.92. The molecule has 0 bridgehead atoms. The number of aryl methyl sites for hydroxylation is 2. The molecule has 0 spiro atoms. The molecule has 2 amide bonds. The Bertz CT molecular complexity index is 1490. The third-order valence-electron chi connectivity index (χ3n) is 5.50. The zero-order valence-electron chi connectivity index (χ0n) is 19.7. The third kappa shape index (κ3) is 5.81. The summed E-state index contributed by atoms with van der Waals surface area (Å²) >= 11 is 0. The number of para-hydroxylation sites is 1. The highest BCUT2D eigenvalue weighted by atomic mass is 32.2. The minimum Gasteiger partial charge on any atom is -0.467 e. The van der Waals surface area contributed by atoms with Crippen molar-refractivity contribution in [2.75, 3.05) is 10.0 Å². The quantitative estimate of drug-likeness (QED) is 0.317. The Morgan fingerprint density at radius 2 is 1.58 bits per heavy atom. The predicted molar refractivity (Wildman–Crippen MR) is 137 cm³/mol. The number of sulfonamides is 1. The molecule has 0 unspecified atom stereocenters. The van der Waals surface area contributed by atoms with Gasteiger partial charge in [0.05, 0.1) is 34.6 Å². The lowest BCUT2D eigenvalue weighted by atomic mass is 10.1. The Morgan fingerprint density at radius 1 is 0.833 bits per heavy atom. The lowest BCUT2D eigenvalue weighted by Gasteiger charge is -2.14. The lowest BCUT2D eigenvalue weighted by molar-refractivity contribution is 0.0949. The first-order valence-corrected chi connectivity index (χ1v) is 12.6. The minimum atomic E-state index is -3.84. The number of hydrogen-bond acceptors (Lipinski definition) is 5. The highest BCUT2D eigenvalue weighted by Gasteiger charge is 2.18. The molecule has 3 aromatic carbocycles. The number of rotatable bonds is 8. The first kappa shape index (κ1) is 24.7. The fraction of sp³-hybridized carbons (Fsp3) is 0.111. The van der Waals surface area contributed by atoms with E-state index in [2.05, 4.69) is 15.4 Å². The number of anilines is 2. The van der Waals surface area contributed by atoms with E-state index in [1.54, 1.807) is 67.6 Å². The highest BCUT2D eigenvalue weighted by Crippen LogP contribution is 2.23. The van der Waals surface area contributed by atoms with Gasteiger partial charge in [0.2, 0.25) is 0 Å². The summed E-state index contributed by atoms with van der Waals surface area (Å²) < 4.78 is 33.5. The van der Waals surface area contributed by atoms with Crippen molar-refractivity contribution in [3.63, 3.8) is 0 Å². The third-order valence-corrected chi connectivity index (χ3v) is 6.88. The Morgan fingerprint density at radius 3 is 2.31 bits per heavy atom. The number of carbonyl (C=O) groups excluding carboxylic acids is 2. The number of nitrogens with one attached hydrogen (secondary N) is 3. The molecule has 184 valence electrons. The molecule has 0 aliphatic carbocycles. The summed E-state index contributed by atoms with van der Waals surface area (Å²) in [5.41, 5.74) is 2.71. The predicted octanol–water partition coefficient (Wildman–Crippen LogP) is 4.88. The summed E-state index contributed by atoms with van der Waals surface area (Å²) in [7, 11) is -3.84. The van der Waals surface area contributed by atoms with Crippen LogP contribution in [0.3, 0.4) is 0 Å². The zero-order chi connectivity index (χ0) is 25.7. The van der Waals surface area contributed by atoms with E-state index in [0.29, 0.717) is 17.0 Å². The maximum atomic E-state index is 13.0. The number of hydrogen-bond donors (Lipinski definition) is 3. The van der Waals surface area contributed by atoms with E-state index < -0.39 is 15.9 Å². The van der Waals surface area contributed by atoms with Crippen LogP contribution in [0.4, 0.5) is 11.4 Å². The second kappa shape index (κ2) is 10.5. The summed E-state index contributed by atoms with van der Waals surface area (Å²) in [4.78, 5) is 25.9. The Labute approximate surface area is 209 Å². The van der Waals surface area contributed by atoms with Gasteiger partial charge in [0.15, 0.2) is 0 Å². The van der Waals surface area contributed by atoms with Crippen molar-refractivity contribution in [3.05, 3.63) is 113 Å². The molecule has 36 heavy (non-hydrogen) atoms. The van der Waals surface area contributed by atoms with E-state index in [0.717, 1.165) is 5.56 Å². The fourth-order valence-electron chi connectivity index (χ4n) is 3.45. The summed E-state index contributed by atoms with van der Waals surface area (Å²) in [6.45, 7) is 3.82. The number of carbonyl (C=O) groups is 2. The molecular formula is C27H25N3O5S. The number of furan rings is 1. The monoisotopic (exact) mass is 503 g/mol. The molecule has 0 saturated carbocycles. The summed E-state index contributed by atoms with van der Waals surface area (Å²) in [6.07, 6.45) is 1.52. The van der Waals surface area contributed by atoms with Crippen LogP contribution in [0.2, 0.25) is 0 Å². The smallest absolute Gasteiger partial charge is 0.261 e. The van der Waals surface area contributed by atoms with Gasteiger partial charge in [-0.3, -0.25) is 14.3 Å². The van der Waals surface area contributed by atoms with E-state index in [-0.39, 0.29) is 34.2 Å². The summed E-state index contributed by atoms with van der Waals surface area (Å²) in [6, 6.07) is 21.3. The van der Waals surface area contributed by atoms with Crippen molar-refractivity contribution in [3.8, 4) is 0 Å². The lowest BCUT2D eigenvalue weighted by Crippen LogP contribution is -2.24. The standard InChI is InChI=1S/C27H25N3O5S/c1-18-9-13-22(14-10-18)36(33,34)30-25-16-20(12-11-19(25)2)26(31)29-24-8-4-3-7-23(24)27(32)28-17-21-6-5-15-35-21/h3-16,30H,17H2,1-2H3,(H,28,32)(H,29,31). The van der Waals surface area contributed by atoms with Gasteiger partial charge in [-0.15, -0.1) is 0 Å². The van der Waals surface area contributed by atoms with E-state index in [4.69, 9.17) is 4.42 Å². The van der Waals surface area contributed by atoms with Crippen LogP contribution in [0, 0.1) is 13.8 Å². The maximum absolute atomic E-state index is 13.0. The van der Waals surface area contributed by atoms with E-state index >= 15 is 0 Å². The maximum Gasteiger partial charge on any atom is 0.261 e. The number of benzene rings is 3. The van der Waals surface area contributed by atoms with Gasteiger partial charge < -0.3 is 15.1 Å². The normalized spacial score (nSPS) is 11.1. The van der Waals surface area contributed by atoms with Crippen molar-refractivity contribution in [1.29, 1.82) is 0 Å². The van der Waals surface area contributed by atoms with Gasteiger partial charge in [-0.05, 0) is 67.9 Å². The fourth-order valence-corrected chi connectivity index (χ4v) is 4.58. The van der Waals surface area contributed by atoms with Crippen LogP contribution in [0.25, 0.3) is 0 Å². The van der Waals surface area contributed by atoms with Crippen molar-refractivity contribution >= 4 is 33.2 Å². The second-order valence-corrected chi connectivity index (χ2v) is 9.89. The molecule has 0 aliphatic heterocycles. The number of amides is 2. The Kier molecular flexibility index (Phi) is 7.21. The van der Waals surface area contributed by atoms with Crippen LogP contribution in [0.15, 0.2) is 94.4 Å². The first-order valence-electron chi connectivity index (χ1n) is 11.1. The van der Waals surface area contributed by atoms with Gasteiger partial charge >= 0.3 is 0 Å². The van der Waals surface area contributed by atoms with Crippen molar-refractivity contribution < 1.29 is 22.4 Å². The van der Waals surface area contributed by atoms with Crippen LogP contribution < -0.4 is 15.4 Å². The molecule has 4 aromatic rings. The van der Waals surface area contributed by atoms with Crippen LogP contribution in [0.1, 0.15) is 37.6 Å². The summed E-state index contributed by atoms with van der Waals surface area (Å²) in [5.74, 6) is -0.264. The molecule has 4 rings (SSSR count). The molecule has 0 aliphatic rings. The zero-order valence-corrected chi connectivity index (χ0v) is 20.6. The van der Waals surface area contributed by atoms with Crippen LogP contribution in [-0.2, 0) is 16.6 Å². The van der Waals surface area contributed by atoms with Crippen LogP contribution in [0.5, 0.6) is 0 Å². The SMILES string of the molecule is Cc1ccc(S(=O)(=O)Nc2cc(C(=O)Nc3ccccc3C(=O)NCc3ccco3)ccc2C)cc1. The van der Waals surface area contributed by atoms with E-state index in [1.165, 1.54) is 24.5 Å². The molecular weight excluding hydrogens is 478 g/mol. The van der Waals surface area contributed by atoms with E-state index in [9.17, 15) is 18.0 Å². The molecule has 1 aromatic heterocycles. The molecule has 0 radical (unpaired) electrons. The molecule has 0 saturated heterocycles. The van der Waals surface area contributed by atoms with Gasteiger partial charge in [0, 0.05) is 5.56 Å². The van der Waals surface area contributed by atoms with Crippen LogP contribution >= 0.6 is 0 Å². The van der Waals surface area contributed by atoms with Crippen molar-refractivity contribution in [2.45, 2.75) is 25.3 Å². The van der Waals surface area contributed by atoms with Gasteiger partial charge in [-0.2, -0.15) is 0 Å². The Balaban J connectivity index is 1.51. The summed E-state index contributed by atoms with van der Waals surface area (Å²) in [5, 5.41) is 5.50.